The maximum atomic E-state index is 12.8. The van der Waals surface area contributed by atoms with E-state index in [2.05, 4.69) is 4.98 Å². The van der Waals surface area contributed by atoms with E-state index in [9.17, 15) is 14.8 Å². The van der Waals surface area contributed by atoms with E-state index in [1.165, 1.54) is 6.07 Å². The average Bonchev–Trinajstić information content (AvgIpc) is 2.60. The Balaban J connectivity index is 2.54. The molecular weight excluding hydrogens is 340 g/mol. The first kappa shape index (κ1) is 19.4. The van der Waals surface area contributed by atoms with Crippen LogP contribution in [0.5, 0.6) is 5.75 Å². The molecule has 0 aliphatic rings. The largest absolute Gasteiger partial charge is 0.618 e. The highest BCUT2D eigenvalue weighted by Gasteiger charge is 2.28. The summed E-state index contributed by atoms with van der Waals surface area (Å²) in [7, 11) is 0. The van der Waals surface area contributed by atoms with Crippen molar-refractivity contribution in [2.75, 3.05) is 13.2 Å². The average molecular weight is 362 g/mol. The standard InChI is InChI=1S/C18H22N2O6/c1-5-24-12-7-8-13-15(9-12)20(23)16(18(22)25-6-2)14(19-13)10-26-17(21)11(3)4/h7-9,11H,5-6,10H2,1-4H3. The van der Waals surface area contributed by atoms with Crippen LogP contribution in [0.2, 0.25) is 0 Å². The molecule has 0 N–H and O–H groups in total. The molecule has 8 heteroatoms. The molecule has 0 fully saturated rings. The molecule has 0 aliphatic heterocycles. The zero-order chi connectivity index (χ0) is 19.3. The SMILES string of the molecule is CCOC(=O)c1c(COC(=O)C(C)C)nc2ccc(OCC)cc2[n+]1[O-]. The Morgan fingerprint density at radius 1 is 1.19 bits per heavy atom. The fraction of sp³-hybridized carbons (Fsp3) is 0.444. The molecule has 0 saturated heterocycles. The highest BCUT2D eigenvalue weighted by Crippen LogP contribution is 2.19. The Morgan fingerprint density at radius 2 is 1.92 bits per heavy atom. The summed E-state index contributed by atoms with van der Waals surface area (Å²) in [6.07, 6.45) is 0. The Morgan fingerprint density at radius 3 is 2.54 bits per heavy atom. The third kappa shape index (κ3) is 4.19. The van der Waals surface area contributed by atoms with Gasteiger partial charge in [-0.05, 0) is 26.0 Å². The Kier molecular flexibility index (Phi) is 6.32. The molecule has 0 spiro atoms. The van der Waals surface area contributed by atoms with Crippen LogP contribution in [-0.2, 0) is 20.9 Å². The molecule has 0 aliphatic carbocycles. The number of hydrogen-bond acceptors (Lipinski definition) is 7. The van der Waals surface area contributed by atoms with Crippen LogP contribution < -0.4 is 9.47 Å². The van der Waals surface area contributed by atoms with Crippen LogP contribution in [0, 0.1) is 11.1 Å². The summed E-state index contributed by atoms with van der Waals surface area (Å²) in [4.78, 5) is 28.3. The molecule has 1 aromatic heterocycles. The zero-order valence-corrected chi connectivity index (χ0v) is 15.3. The number of fused-ring (bicyclic) bond motifs is 1. The zero-order valence-electron chi connectivity index (χ0n) is 15.3. The van der Waals surface area contributed by atoms with Crippen LogP contribution in [0.3, 0.4) is 0 Å². The van der Waals surface area contributed by atoms with Crippen molar-refractivity contribution in [2.24, 2.45) is 5.92 Å². The number of nitrogens with zero attached hydrogens (tertiary/aromatic N) is 2. The second-order valence-electron chi connectivity index (χ2n) is 5.77. The van der Waals surface area contributed by atoms with E-state index < -0.39 is 11.9 Å². The van der Waals surface area contributed by atoms with Crippen molar-refractivity contribution in [1.82, 2.24) is 4.98 Å². The van der Waals surface area contributed by atoms with Gasteiger partial charge in [0.1, 0.15) is 17.9 Å². The first-order chi connectivity index (χ1) is 12.4. The lowest BCUT2D eigenvalue weighted by molar-refractivity contribution is -0.581. The topological polar surface area (TPSA) is 102 Å². The van der Waals surface area contributed by atoms with E-state index in [1.54, 1.807) is 32.9 Å². The van der Waals surface area contributed by atoms with Crippen LogP contribution in [-0.4, -0.2) is 30.1 Å². The molecule has 0 saturated carbocycles. The summed E-state index contributed by atoms with van der Waals surface area (Å²) in [5, 5.41) is 12.8. The van der Waals surface area contributed by atoms with Crippen LogP contribution in [0.4, 0.5) is 0 Å². The molecule has 2 aromatic rings. The minimum atomic E-state index is -0.825. The summed E-state index contributed by atoms with van der Waals surface area (Å²) in [6, 6.07) is 4.79. The number of rotatable bonds is 7. The maximum Gasteiger partial charge on any atom is 0.407 e. The van der Waals surface area contributed by atoms with Crippen LogP contribution in [0.25, 0.3) is 11.0 Å². The molecule has 1 aromatic carbocycles. The van der Waals surface area contributed by atoms with Gasteiger partial charge in [-0.1, -0.05) is 13.8 Å². The number of ether oxygens (including phenoxy) is 3. The molecule has 0 radical (unpaired) electrons. The van der Waals surface area contributed by atoms with E-state index in [4.69, 9.17) is 14.2 Å². The molecule has 0 amide bonds. The van der Waals surface area contributed by atoms with E-state index in [1.807, 2.05) is 6.92 Å². The predicted molar refractivity (Wildman–Crippen MR) is 92.5 cm³/mol. The summed E-state index contributed by atoms with van der Waals surface area (Å²) >= 11 is 0. The number of carbonyl (C=O) groups excluding carboxylic acids is 2. The van der Waals surface area contributed by atoms with Gasteiger partial charge in [-0.3, -0.25) is 4.79 Å². The van der Waals surface area contributed by atoms with Gasteiger partial charge in [0.2, 0.25) is 5.52 Å². The maximum absolute atomic E-state index is 12.8. The lowest BCUT2D eigenvalue weighted by atomic mass is 10.2. The van der Waals surface area contributed by atoms with Gasteiger partial charge in [-0.25, -0.2) is 9.78 Å². The second-order valence-corrected chi connectivity index (χ2v) is 5.77. The van der Waals surface area contributed by atoms with Crippen molar-refractivity contribution >= 4 is 23.0 Å². The Hall–Kier alpha value is -2.90. The summed E-state index contributed by atoms with van der Waals surface area (Å²) in [6.45, 7) is 7.07. The minimum absolute atomic E-state index is 0.0455. The normalized spacial score (nSPS) is 10.8. The molecular formula is C18H22N2O6. The highest BCUT2D eigenvalue weighted by atomic mass is 16.5. The molecule has 2 rings (SSSR count). The van der Waals surface area contributed by atoms with E-state index in [-0.39, 0.29) is 36.0 Å². The van der Waals surface area contributed by atoms with E-state index in [0.717, 1.165) is 0 Å². The predicted octanol–water partition coefficient (Wildman–Crippen LogP) is 2.14. The van der Waals surface area contributed by atoms with Gasteiger partial charge in [-0.15, -0.1) is 0 Å². The van der Waals surface area contributed by atoms with Crippen molar-refractivity contribution in [2.45, 2.75) is 34.3 Å². The minimum Gasteiger partial charge on any atom is -0.618 e. The van der Waals surface area contributed by atoms with Crippen molar-refractivity contribution in [3.05, 3.63) is 34.8 Å². The fourth-order valence-corrected chi connectivity index (χ4v) is 2.26. The summed E-state index contributed by atoms with van der Waals surface area (Å²) in [5.41, 5.74) is 0.263. The third-order valence-electron chi connectivity index (χ3n) is 3.50. The number of benzene rings is 1. The van der Waals surface area contributed by atoms with Crippen LogP contribution >= 0.6 is 0 Å². The third-order valence-corrected chi connectivity index (χ3v) is 3.50. The summed E-state index contributed by atoms with van der Waals surface area (Å²) < 4.78 is 15.9. The van der Waals surface area contributed by atoms with Gasteiger partial charge in [0.05, 0.1) is 25.2 Å². The molecule has 0 unspecified atom stereocenters. The smallest absolute Gasteiger partial charge is 0.407 e. The lowest BCUT2D eigenvalue weighted by Crippen LogP contribution is -2.39. The van der Waals surface area contributed by atoms with Crippen molar-refractivity contribution in [3.8, 4) is 5.75 Å². The number of aromatic nitrogens is 2. The Labute approximate surface area is 151 Å². The first-order valence-corrected chi connectivity index (χ1v) is 8.41. The van der Waals surface area contributed by atoms with E-state index in [0.29, 0.717) is 22.6 Å². The molecule has 8 nitrogen and oxygen atoms in total. The van der Waals surface area contributed by atoms with E-state index >= 15 is 0 Å². The van der Waals surface area contributed by atoms with Crippen molar-refractivity contribution in [3.63, 3.8) is 0 Å². The van der Waals surface area contributed by atoms with Gasteiger partial charge in [0.15, 0.2) is 5.69 Å². The molecule has 1 heterocycles. The second kappa shape index (κ2) is 8.46. The number of esters is 2. The molecule has 140 valence electrons. The van der Waals surface area contributed by atoms with Gasteiger partial charge < -0.3 is 19.4 Å². The number of carbonyl (C=O) groups is 2. The Bertz CT molecular complexity index is 819. The van der Waals surface area contributed by atoms with Gasteiger partial charge >= 0.3 is 17.6 Å². The fourth-order valence-electron chi connectivity index (χ4n) is 2.26. The van der Waals surface area contributed by atoms with Gasteiger partial charge in [0, 0.05) is 0 Å². The van der Waals surface area contributed by atoms with Crippen LogP contribution in [0.1, 0.15) is 43.9 Å². The molecule has 26 heavy (non-hydrogen) atoms. The highest BCUT2D eigenvalue weighted by molar-refractivity contribution is 5.88. The van der Waals surface area contributed by atoms with Crippen molar-refractivity contribution in [1.29, 1.82) is 0 Å². The van der Waals surface area contributed by atoms with Crippen molar-refractivity contribution < 1.29 is 28.5 Å². The quantitative estimate of drug-likeness (QED) is 0.422. The first-order valence-electron chi connectivity index (χ1n) is 8.41. The van der Waals surface area contributed by atoms with Gasteiger partial charge in [0.25, 0.3) is 0 Å². The lowest BCUT2D eigenvalue weighted by Gasteiger charge is -2.13. The van der Waals surface area contributed by atoms with Gasteiger partial charge in [-0.2, -0.15) is 4.73 Å². The van der Waals surface area contributed by atoms with Crippen LogP contribution in [0.15, 0.2) is 18.2 Å². The molecule has 0 atom stereocenters. The summed E-state index contributed by atoms with van der Waals surface area (Å²) in [5.74, 6) is -1.13. The number of hydrogen-bond donors (Lipinski definition) is 0. The molecule has 0 bridgehead atoms. The monoisotopic (exact) mass is 362 g/mol.